The molecule has 536 valence electrons. The van der Waals surface area contributed by atoms with Crippen molar-refractivity contribution in [3.63, 3.8) is 0 Å². The van der Waals surface area contributed by atoms with E-state index >= 15 is 0 Å². The summed E-state index contributed by atoms with van der Waals surface area (Å²) in [6.07, 6.45) is 11.5. The molecule has 2 unspecified atom stereocenters. The molecule has 0 spiro atoms. The van der Waals surface area contributed by atoms with Gasteiger partial charge in [0.1, 0.15) is 11.3 Å². The molecule has 3 aliphatic carbocycles. The highest BCUT2D eigenvalue weighted by molar-refractivity contribution is 7.00. The van der Waals surface area contributed by atoms with Crippen LogP contribution >= 0.6 is 0 Å². The number of para-hydroxylation sites is 4. The zero-order valence-corrected chi connectivity index (χ0v) is 63.0. The van der Waals surface area contributed by atoms with E-state index in [0.29, 0.717) is 0 Å². The molecule has 27 rings (SSSR count). The van der Waals surface area contributed by atoms with Crippen molar-refractivity contribution < 1.29 is 0 Å². The maximum atomic E-state index is 5.42. The molecule has 116 heavy (non-hydrogen) atoms. The van der Waals surface area contributed by atoms with Crippen molar-refractivity contribution in [3.8, 4) is 95.6 Å². The summed E-state index contributed by atoms with van der Waals surface area (Å²) in [4.78, 5) is 26.4. The van der Waals surface area contributed by atoms with E-state index in [1.54, 1.807) is 0 Å². The second-order valence-electron chi connectivity index (χ2n) is 32.4. The molecule has 0 radical (unpaired) electrons. The standard InChI is InChI=1S/C104H64B2N10/c1-59-51-65(82-39-15-17-46-107-82)55-86-94(59)105(78-44-49-109-96-77(78)58-85-92(96)71-33-13-14-41-84(71)112(85)67-28-9-4-10-29-67)79-37-20-34-72-90-75-53-63(42-43-64(75)54-76(60-23-5-2-6-24-60)100(90)114(86)98(72)79)62-27-19-30-68(52-62)113-103-74(36-22-48-111-103)91-73-35-21-38-80-99(73)116(104(91)113)88-57-66(83-40-16-18-47-108-83)56-87-95(88)106(80)81-45-50-110-97-93-70-32-12-11-31-69(70)89(61-25-7-3-8-26-61)102(93)115(87)101(81)97/h2-53,55-57,76,89H,54,58H2,1H3. The van der Waals surface area contributed by atoms with Crippen molar-refractivity contribution in [2.75, 3.05) is 0 Å². The van der Waals surface area contributed by atoms with Gasteiger partial charge >= 0.3 is 0 Å². The second kappa shape index (κ2) is 23.2. The Morgan fingerprint density at radius 1 is 0.371 bits per heavy atom. The minimum atomic E-state index is -0.121. The van der Waals surface area contributed by atoms with Crippen molar-refractivity contribution in [2.24, 2.45) is 0 Å². The number of rotatable bonds is 8. The molecule has 21 aromatic rings. The number of pyridine rings is 5. The molecule has 3 aliphatic heterocycles. The molecule has 0 fully saturated rings. The predicted octanol–water partition coefficient (Wildman–Crippen LogP) is 18.9. The van der Waals surface area contributed by atoms with Crippen molar-refractivity contribution >= 4 is 112 Å². The van der Waals surface area contributed by atoms with Crippen LogP contribution in [0.15, 0.2) is 334 Å². The summed E-state index contributed by atoms with van der Waals surface area (Å²) >= 11 is 0. The zero-order chi connectivity index (χ0) is 75.4. The fourth-order valence-corrected chi connectivity index (χ4v) is 22.4. The fraction of sp³-hybridized carbons (Fsp3) is 0.0481. The molecular formula is C104H64B2N10. The maximum absolute atomic E-state index is 5.42. The lowest BCUT2D eigenvalue weighted by atomic mass is 9.34. The number of fused-ring (bicyclic) bond motifs is 26. The van der Waals surface area contributed by atoms with E-state index < -0.39 is 0 Å². The van der Waals surface area contributed by atoms with E-state index in [2.05, 4.69) is 333 Å². The van der Waals surface area contributed by atoms with E-state index in [1.807, 2.05) is 30.7 Å². The highest BCUT2D eigenvalue weighted by Crippen LogP contribution is 2.56. The van der Waals surface area contributed by atoms with Gasteiger partial charge in [-0.15, -0.1) is 0 Å². The quantitative estimate of drug-likeness (QED) is 0.141. The van der Waals surface area contributed by atoms with E-state index in [4.69, 9.17) is 24.9 Å². The highest BCUT2D eigenvalue weighted by atomic mass is 15.2. The summed E-state index contributed by atoms with van der Waals surface area (Å²) in [6.45, 7) is 2.12. The fourth-order valence-electron chi connectivity index (χ4n) is 22.4. The summed E-state index contributed by atoms with van der Waals surface area (Å²) in [5.74, 6) is -0.00360. The molecule has 0 bridgehead atoms. The molecule has 10 nitrogen and oxygen atoms in total. The lowest BCUT2D eigenvalue weighted by molar-refractivity contribution is 0.746. The van der Waals surface area contributed by atoms with Crippen molar-refractivity contribution in [2.45, 2.75) is 31.6 Å². The van der Waals surface area contributed by atoms with Crippen LogP contribution in [0.2, 0.25) is 0 Å². The Morgan fingerprint density at radius 3 is 1.79 bits per heavy atom. The van der Waals surface area contributed by atoms with Crippen LogP contribution in [0.1, 0.15) is 62.3 Å². The molecule has 0 saturated heterocycles. The lowest BCUT2D eigenvalue weighted by Gasteiger charge is -2.35. The summed E-state index contributed by atoms with van der Waals surface area (Å²) in [6, 6.07) is 113. The summed E-state index contributed by atoms with van der Waals surface area (Å²) < 4.78 is 12.9. The minimum absolute atomic E-state index is 0.0273. The monoisotopic (exact) mass is 1470 g/mol. The van der Waals surface area contributed by atoms with Gasteiger partial charge in [-0.3, -0.25) is 29.1 Å². The Labute approximate surface area is 667 Å². The molecule has 13 heterocycles. The van der Waals surface area contributed by atoms with E-state index in [1.165, 1.54) is 160 Å². The van der Waals surface area contributed by atoms with Crippen LogP contribution in [0.25, 0.3) is 161 Å². The average molecular weight is 1480 g/mol. The maximum Gasteiger partial charge on any atom is 0.252 e. The zero-order valence-electron chi connectivity index (χ0n) is 63.0. The first-order valence-corrected chi connectivity index (χ1v) is 40.4. The SMILES string of the molecule is Cc1cc(-c2ccccn2)cc2c1B(c1ccnc3c1Cc1c-3c3ccccc3n1-c1ccccc1)c1cccc3c4c(n-2c13)C(c1ccccc1)Cc1ccc(-c2cccc(-n3c5ncccc5c5c6cccc7c6n(c53)-c3cc(-c5ccccn5)cc5c3B7c3ccnc6c7c(n-5c36)C(c3ccccc3)c3ccccc3-7)c2)cc1-4. The first-order chi connectivity index (χ1) is 57.5. The van der Waals surface area contributed by atoms with Crippen molar-refractivity contribution in [1.29, 1.82) is 0 Å². The Hall–Kier alpha value is -14.7. The molecule has 0 amide bonds. The van der Waals surface area contributed by atoms with Gasteiger partial charge in [0.2, 0.25) is 6.71 Å². The molecular weight excluding hydrogens is 1410 g/mol. The number of aryl methyl sites for hydroxylation is 1. The van der Waals surface area contributed by atoms with Crippen LogP contribution in [-0.4, -0.2) is 61.2 Å². The molecule has 11 aromatic carbocycles. The van der Waals surface area contributed by atoms with Crippen LogP contribution in [0.5, 0.6) is 0 Å². The second-order valence-corrected chi connectivity index (χ2v) is 32.4. The van der Waals surface area contributed by atoms with E-state index in [9.17, 15) is 0 Å². The van der Waals surface area contributed by atoms with Crippen LogP contribution in [0.4, 0.5) is 0 Å². The largest absolute Gasteiger partial charge is 0.313 e. The summed E-state index contributed by atoms with van der Waals surface area (Å²) in [5.41, 5.74) is 46.4. The highest BCUT2D eigenvalue weighted by Gasteiger charge is 2.48. The van der Waals surface area contributed by atoms with Gasteiger partial charge in [0.25, 0.3) is 6.71 Å². The number of nitrogens with zero attached hydrogens (tertiary/aromatic N) is 10. The number of hydrogen-bond donors (Lipinski definition) is 0. The number of hydrogen-bond acceptors (Lipinski definition) is 5. The van der Waals surface area contributed by atoms with Crippen LogP contribution < -0.4 is 32.8 Å². The third-order valence-electron chi connectivity index (χ3n) is 26.8. The van der Waals surface area contributed by atoms with Gasteiger partial charge in [-0.05, 0) is 194 Å². The van der Waals surface area contributed by atoms with Gasteiger partial charge in [-0.1, -0.05) is 211 Å². The predicted molar refractivity (Wildman–Crippen MR) is 472 cm³/mol. The lowest BCUT2D eigenvalue weighted by Crippen LogP contribution is -2.59. The minimum Gasteiger partial charge on any atom is -0.313 e. The third-order valence-corrected chi connectivity index (χ3v) is 26.8. The Balaban J connectivity index is 0.671. The van der Waals surface area contributed by atoms with Crippen LogP contribution in [-0.2, 0) is 12.8 Å². The van der Waals surface area contributed by atoms with E-state index in [0.717, 1.165) is 97.1 Å². The molecule has 12 heteroatoms. The normalized spacial score (nSPS) is 14.7. The average Bonchev–Trinajstić information content (AvgIpc) is 1.49. The van der Waals surface area contributed by atoms with Gasteiger partial charge in [0.15, 0.2) is 0 Å². The first-order valence-electron chi connectivity index (χ1n) is 40.4. The molecule has 2 atom stereocenters. The Kier molecular flexibility index (Phi) is 12.6. The van der Waals surface area contributed by atoms with E-state index in [-0.39, 0.29) is 25.3 Å². The molecule has 6 aliphatic rings. The smallest absolute Gasteiger partial charge is 0.252 e. The van der Waals surface area contributed by atoms with Gasteiger partial charge in [0.05, 0.1) is 45.1 Å². The van der Waals surface area contributed by atoms with Gasteiger partial charge < -0.3 is 13.7 Å². The van der Waals surface area contributed by atoms with Crippen molar-refractivity contribution in [1.82, 2.24) is 47.8 Å². The number of benzene rings is 11. The topological polar surface area (TPSA) is 89.1 Å². The van der Waals surface area contributed by atoms with Gasteiger partial charge in [-0.2, -0.15) is 0 Å². The van der Waals surface area contributed by atoms with Gasteiger partial charge in [0, 0.05) is 149 Å². The summed E-state index contributed by atoms with van der Waals surface area (Å²) in [5, 5.41) is 5.95. The third kappa shape index (κ3) is 8.23. The number of aromatic nitrogens is 10. The van der Waals surface area contributed by atoms with Crippen LogP contribution in [0.3, 0.4) is 0 Å². The van der Waals surface area contributed by atoms with Gasteiger partial charge in [-0.25, -0.2) is 4.98 Å². The molecule has 0 saturated carbocycles. The molecule has 0 N–H and O–H groups in total. The van der Waals surface area contributed by atoms with Crippen LogP contribution in [0, 0.1) is 6.92 Å². The van der Waals surface area contributed by atoms with Crippen molar-refractivity contribution in [3.05, 3.63) is 385 Å². The Morgan fingerprint density at radius 2 is 0.991 bits per heavy atom. The summed E-state index contributed by atoms with van der Waals surface area (Å²) in [7, 11) is 0. The molecule has 10 aromatic heterocycles. The Bertz CT molecular complexity index is 7930. The first kappa shape index (κ1) is 62.9.